The van der Waals surface area contributed by atoms with Crippen LogP contribution >= 0.6 is 0 Å². The minimum Gasteiger partial charge on any atom is -0.482 e. The average Bonchev–Trinajstić information content (AvgIpc) is 2.90. The van der Waals surface area contributed by atoms with Gasteiger partial charge in [-0.3, -0.25) is 9.59 Å². The van der Waals surface area contributed by atoms with Gasteiger partial charge in [-0.1, -0.05) is 17.2 Å². The summed E-state index contributed by atoms with van der Waals surface area (Å²) in [7, 11) is 0. The van der Waals surface area contributed by atoms with E-state index in [-0.39, 0.29) is 34.4 Å². The largest absolute Gasteiger partial charge is 0.482 e. The zero-order valence-electron chi connectivity index (χ0n) is 14.5. The summed E-state index contributed by atoms with van der Waals surface area (Å²) in [5.74, 6) is -4.21. The Bertz CT molecular complexity index is 963. The van der Waals surface area contributed by atoms with Gasteiger partial charge in [0.25, 0.3) is 11.8 Å². The number of hydrogen-bond donors (Lipinski definition) is 0. The maximum absolute atomic E-state index is 12.8. The number of hydroxylamine groups is 2. The van der Waals surface area contributed by atoms with E-state index in [1.165, 1.54) is 24.3 Å². The molecular weight excluding hydrogens is 424 g/mol. The van der Waals surface area contributed by atoms with Crippen molar-refractivity contribution in [3.8, 4) is 5.75 Å². The fraction of sp³-hybridized carbons (Fsp3) is 0.167. The molecule has 0 bridgehead atoms. The third-order valence-corrected chi connectivity index (χ3v) is 3.87. The van der Waals surface area contributed by atoms with Crippen LogP contribution in [0.25, 0.3) is 0 Å². The number of fused-ring (bicyclic) bond motifs is 1. The number of ether oxygens (including phenoxy) is 1. The minimum atomic E-state index is -5.10. The van der Waals surface area contributed by atoms with Crippen molar-refractivity contribution in [2.45, 2.75) is 12.4 Å². The number of rotatable bonds is 4. The molecule has 6 nitrogen and oxygen atoms in total. The lowest BCUT2D eigenvalue weighted by molar-refractivity contribution is -0.170. The van der Waals surface area contributed by atoms with Crippen LogP contribution in [0.2, 0.25) is 0 Å². The number of nitrogens with zero attached hydrogens (tertiary/aromatic N) is 1. The van der Waals surface area contributed by atoms with Gasteiger partial charge in [-0.15, -0.1) is 0 Å². The van der Waals surface area contributed by atoms with Gasteiger partial charge in [0.1, 0.15) is 5.75 Å². The Labute approximate surface area is 163 Å². The van der Waals surface area contributed by atoms with Crippen molar-refractivity contribution in [3.05, 3.63) is 64.7 Å². The molecule has 0 spiro atoms. The molecule has 1 heterocycles. The second-order valence-corrected chi connectivity index (χ2v) is 5.94. The maximum Gasteiger partial charge on any atom is 0.416 e. The maximum atomic E-state index is 12.8. The second kappa shape index (κ2) is 7.35. The van der Waals surface area contributed by atoms with Crippen molar-refractivity contribution in [2.24, 2.45) is 0 Å². The van der Waals surface area contributed by atoms with Gasteiger partial charge >= 0.3 is 18.3 Å². The van der Waals surface area contributed by atoms with Crippen LogP contribution in [0.1, 0.15) is 31.8 Å². The predicted molar refractivity (Wildman–Crippen MR) is 85.0 cm³/mol. The highest BCUT2D eigenvalue weighted by atomic mass is 19.4. The quantitative estimate of drug-likeness (QED) is 0.541. The lowest BCUT2D eigenvalue weighted by Gasteiger charge is -2.15. The van der Waals surface area contributed by atoms with E-state index in [0.29, 0.717) is 0 Å². The molecule has 3 rings (SSSR count). The van der Waals surface area contributed by atoms with E-state index in [9.17, 15) is 40.7 Å². The third-order valence-electron chi connectivity index (χ3n) is 3.87. The fourth-order valence-electron chi connectivity index (χ4n) is 2.53. The molecule has 12 heteroatoms. The van der Waals surface area contributed by atoms with E-state index < -0.39 is 53.6 Å². The Morgan fingerprint density at radius 1 is 0.833 bits per heavy atom. The molecule has 0 unspecified atom stereocenters. The molecule has 2 amide bonds. The standard InChI is InChI=1S/C18H9F6NO5/c19-17(20,21)9-5-10(18(22,23)24)7-11(6-9)29-8-14(26)30-25-15(27)12-3-1-2-4-13(12)16(25)28/h1-7H,8H2. The van der Waals surface area contributed by atoms with Gasteiger partial charge < -0.3 is 9.57 Å². The lowest BCUT2D eigenvalue weighted by atomic mass is 10.1. The number of halogens is 6. The molecule has 2 aromatic carbocycles. The first-order valence-electron chi connectivity index (χ1n) is 7.99. The molecule has 0 saturated heterocycles. The molecule has 0 radical (unpaired) electrons. The zero-order valence-corrected chi connectivity index (χ0v) is 14.5. The molecule has 2 aromatic rings. The van der Waals surface area contributed by atoms with Crippen molar-refractivity contribution in [1.29, 1.82) is 0 Å². The normalized spacial score (nSPS) is 14.0. The van der Waals surface area contributed by atoms with Gasteiger partial charge in [0.05, 0.1) is 22.3 Å². The summed E-state index contributed by atoms with van der Waals surface area (Å²) in [6.45, 7) is -1.16. The van der Waals surface area contributed by atoms with Crippen molar-refractivity contribution < 1.29 is 50.3 Å². The second-order valence-electron chi connectivity index (χ2n) is 5.94. The highest BCUT2D eigenvalue weighted by molar-refractivity contribution is 6.20. The van der Waals surface area contributed by atoms with Crippen molar-refractivity contribution >= 4 is 17.8 Å². The Balaban J connectivity index is 1.72. The highest BCUT2D eigenvalue weighted by Crippen LogP contribution is 2.38. The molecule has 0 aliphatic carbocycles. The van der Waals surface area contributed by atoms with Gasteiger partial charge in [-0.05, 0) is 30.3 Å². The first-order chi connectivity index (χ1) is 13.9. The monoisotopic (exact) mass is 433 g/mol. The van der Waals surface area contributed by atoms with Crippen LogP contribution in [0, 0.1) is 0 Å². The predicted octanol–water partition coefficient (Wildman–Crippen LogP) is 3.86. The Morgan fingerprint density at radius 2 is 1.30 bits per heavy atom. The van der Waals surface area contributed by atoms with Crippen LogP contribution < -0.4 is 4.74 Å². The SMILES string of the molecule is O=C(COc1cc(C(F)(F)F)cc(C(F)(F)F)c1)ON1C(=O)c2ccccc2C1=O. The Kier molecular flexibility index (Phi) is 5.18. The number of amides is 2. The zero-order chi connectivity index (χ0) is 22.3. The van der Waals surface area contributed by atoms with E-state index in [2.05, 4.69) is 9.57 Å². The van der Waals surface area contributed by atoms with E-state index in [1.807, 2.05) is 0 Å². The number of carbonyl (C=O) groups excluding carboxylic acids is 3. The van der Waals surface area contributed by atoms with Crippen molar-refractivity contribution in [1.82, 2.24) is 5.06 Å². The summed E-state index contributed by atoms with van der Waals surface area (Å²) in [4.78, 5) is 40.5. The van der Waals surface area contributed by atoms with E-state index in [4.69, 9.17) is 0 Å². The van der Waals surface area contributed by atoms with Crippen molar-refractivity contribution in [3.63, 3.8) is 0 Å². The molecule has 1 aliphatic heterocycles. The van der Waals surface area contributed by atoms with Crippen LogP contribution in [-0.4, -0.2) is 29.5 Å². The van der Waals surface area contributed by atoms with Crippen LogP contribution in [0.5, 0.6) is 5.75 Å². The number of alkyl halides is 6. The molecule has 0 N–H and O–H groups in total. The smallest absolute Gasteiger partial charge is 0.416 e. The highest BCUT2D eigenvalue weighted by Gasteiger charge is 2.39. The summed E-state index contributed by atoms with van der Waals surface area (Å²) in [6, 6.07) is 5.97. The molecule has 1 aliphatic rings. The van der Waals surface area contributed by atoms with E-state index in [1.54, 1.807) is 0 Å². The van der Waals surface area contributed by atoms with Gasteiger partial charge in [-0.2, -0.15) is 26.3 Å². The minimum absolute atomic E-state index is 0.0380. The topological polar surface area (TPSA) is 72.9 Å². The summed E-state index contributed by atoms with van der Waals surface area (Å²) in [5.41, 5.74) is -3.35. The van der Waals surface area contributed by atoms with Gasteiger partial charge in [0.15, 0.2) is 6.61 Å². The van der Waals surface area contributed by atoms with Gasteiger partial charge in [0.2, 0.25) is 0 Å². The van der Waals surface area contributed by atoms with Crippen LogP contribution in [-0.2, 0) is 22.0 Å². The summed E-state index contributed by atoms with van der Waals surface area (Å²) >= 11 is 0. The number of carbonyl (C=O) groups is 3. The van der Waals surface area contributed by atoms with E-state index in [0.717, 1.165) is 0 Å². The number of imide groups is 1. The molecule has 0 fully saturated rings. The average molecular weight is 433 g/mol. The molecule has 0 aromatic heterocycles. The lowest BCUT2D eigenvalue weighted by Crippen LogP contribution is -2.34. The Morgan fingerprint density at radius 3 is 1.73 bits per heavy atom. The molecule has 0 atom stereocenters. The molecular formula is C18H9F6NO5. The van der Waals surface area contributed by atoms with Crippen molar-refractivity contribution in [2.75, 3.05) is 6.61 Å². The molecule has 0 saturated carbocycles. The van der Waals surface area contributed by atoms with E-state index >= 15 is 0 Å². The first-order valence-corrected chi connectivity index (χ1v) is 7.99. The third kappa shape index (κ3) is 4.21. The summed E-state index contributed by atoms with van der Waals surface area (Å²) < 4.78 is 81.6. The van der Waals surface area contributed by atoms with Crippen LogP contribution in [0.15, 0.2) is 42.5 Å². The van der Waals surface area contributed by atoms with Gasteiger partial charge in [-0.25, -0.2) is 4.79 Å². The number of benzene rings is 2. The summed E-state index contributed by atoms with van der Waals surface area (Å²) in [5, 5.41) is 0.129. The van der Waals surface area contributed by atoms with Gasteiger partial charge in [0, 0.05) is 0 Å². The Hall–Kier alpha value is -3.57. The molecule has 158 valence electrons. The van der Waals surface area contributed by atoms with Crippen LogP contribution in [0.3, 0.4) is 0 Å². The molecule has 30 heavy (non-hydrogen) atoms. The first kappa shape index (κ1) is 21.1. The summed E-state index contributed by atoms with van der Waals surface area (Å²) in [6.07, 6.45) is -10.2. The van der Waals surface area contributed by atoms with Crippen LogP contribution in [0.4, 0.5) is 26.3 Å². The number of hydrogen-bond acceptors (Lipinski definition) is 5. The fourth-order valence-corrected chi connectivity index (χ4v) is 2.53.